The lowest BCUT2D eigenvalue weighted by Crippen LogP contribution is -2.24. The van der Waals surface area contributed by atoms with E-state index >= 15 is 0 Å². The highest BCUT2D eigenvalue weighted by Crippen LogP contribution is 2.34. The summed E-state index contributed by atoms with van der Waals surface area (Å²) in [6, 6.07) is 0. The number of ether oxygens (including phenoxy) is 1. The minimum absolute atomic E-state index is 0.0862. The summed E-state index contributed by atoms with van der Waals surface area (Å²) < 4.78 is 4.54. The Morgan fingerprint density at radius 3 is 2.58 bits per heavy atom. The Labute approximate surface area is 113 Å². The molecule has 0 saturated heterocycles. The largest absolute Gasteiger partial charge is 0.469 e. The van der Waals surface area contributed by atoms with Gasteiger partial charge in [-0.3, -0.25) is 4.79 Å². The highest BCUT2D eigenvalue weighted by molar-refractivity contribution is 5.68. The van der Waals surface area contributed by atoms with Gasteiger partial charge in [0.2, 0.25) is 0 Å². The molecule has 0 spiro atoms. The summed E-state index contributed by atoms with van der Waals surface area (Å²) in [5, 5.41) is 28.7. The number of unbranched alkanes of at least 4 members (excludes halogenated alkanes) is 1. The van der Waals surface area contributed by atoms with Gasteiger partial charge in [0.05, 0.1) is 19.3 Å². The van der Waals surface area contributed by atoms with Gasteiger partial charge in [-0.25, -0.2) is 0 Å². The lowest BCUT2D eigenvalue weighted by molar-refractivity contribution is -0.140. The van der Waals surface area contributed by atoms with Gasteiger partial charge in [0.1, 0.15) is 0 Å². The maximum absolute atomic E-state index is 10.9. The van der Waals surface area contributed by atoms with E-state index in [-0.39, 0.29) is 24.4 Å². The van der Waals surface area contributed by atoms with Crippen LogP contribution >= 0.6 is 0 Å². The number of carbonyl (C=O) groups is 1. The molecule has 0 amide bonds. The predicted molar refractivity (Wildman–Crippen MR) is 70.3 cm³/mol. The van der Waals surface area contributed by atoms with Crippen LogP contribution in [-0.4, -0.2) is 47.2 Å². The molecular weight excluding hydrogens is 248 g/mol. The molecule has 1 rings (SSSR count). The SMILES string of the molecule is COC(=O)CCCC=CC[C@@H]1[C@@H](CO)[C@H](O)C[C@@H]1O. The van der Waals surface area contributed by atoms with Crippen LogP contribution in [0.15, 0.2) is 12.2 Å². The van der Waals surface area contributed by atoms with Crippen molar-refractivity contribution in [1.82, 2.24) is 0 Å². The second kappa shape index (κ2) is 8.30. The van der Waals surface area contributed by atoms with E-state index in [0.29, 0.717) is 19.3 Å². The summed E-state index contributed by atoms with van der Waals surface area (Å²) in [5.74, 6) is -0.533. The Balaban J connectivity index is 2.25. The highest BCUT2D eigenvalue weighted by Gasteiger charge is 2.40. The molecule has 1 aliphatic carbocycles. The molecule has 0 aliphatic heterocycles. The third kappa shape index (κ3) is 4.93. The van der Waals surface area contributed by atoms with Gasteiger partial charge in [-0.1, -0.05) is 12.2 Å². The van der Waals surface area contributed by atoms with E-state index in [1.54, 1.807) is 0 Å². The molecule has 0 bridgehead atoms. The van der Waals surface area contributed by atoms with Crippen molar-refractivity contribution in [2.24, 2.45) is 11.8 Å². The molecule has 110 valence electrons. The molecule has 5 nitrogen and oxygen atoms in total. The number of rotatable bonds is 7. The summed E-state index contributed by atoms with van der Waals surface area (Å²) in [7, 11) is 1.37. The molecule has 19 heavy (non-hydrogen) atoms. The van der Waals surface area contributed by atoms with Gasteiger partial charge < -0.3 is 20.1 Å². The van der Waals surface area contributed by atoms with Gasteiger partial charge in [0, 0.05) is 18.9 Å². The third-order valence-electron chi connectivity index (χ3n) is 3.79. The van der Waals surface area contributed by atoms with Crippen molar-refractivity contribution in [3.8, 4) is 0 Å². The van der Waals surface area contributed by atoms with Crippen molar-refractivity contribution in [3.05, 3.63) is 12.2 Å². The average molecular weight is 272 g/mol. The number of aliphatic hydroxyl groups excluding tert-OH is 3. The summed E-state index contributed by atoms with van der Waals surface area (Å²) >= 11 is 0. The smallest absolute Gasteiger partial charge is 0.305 e. The number of hydrogen-bond acceptors (Lipinski definition) is 5. The van der Waals surface area contributed by atoms with Crippen molar-refractivity contribution in [1.29, 1.82) is 0 Å². The van der Waals surface area contributed by atoms with E-state index in [1.165, 1.54) is 7.11 Å². The number of methoxy groups -OCH3 is 1. The molecule has 1 saturated carbocycles. The van der Waals surface area contributed by atoms with Crippen molar-refractivity contribution in [2.75, 3.05) is 13.7 Å². The summed E-state index contributed by atoms with van der Waals surface area (Å²) in [6.45, 7) is -0.0981. The molecule has 4 atom stereocenters. The van der Waals surface area contributed by atoms with Gasteiger partial charge in [0.25, 0.3) is 0 Å². The fourth-order valence-corrected chi connectivity index (χ4v) is 2.59. The van der Waals surface area contributed by atoms with Crippen LogP contribution in [0, 0.1) is 11.8 Å². The fraction of sp³-hybridized carbons (Fsp3) is 0.786. The topological polar surface area (TPSA) is 87.0 Å². The van der Waals surface area contributed by atoms with Gasteiger partial charge in [-0.2, -0.15) is 0 Å². The molecule has 0 aromatic heterocycles. The Morgan fingerprint density at radius 2 is 1.95 bits per heavy atom. The lowest BCUT2D eigenvalue weighted by atomic mass is 9.91. The van der Waals surface area contributed by atoms with Crippen molar-refractivity contribution >= 4 is 5.97 Å². The van der Waals surface area contributed by atoms with Gasteiger partial charge in [-0.05, 0) is 31.6 Å². The third-order valence-corrected chi connectivity index (χ3v) is 3.79. The van der Waals surface area contributed by atoms with E-state index in [2.05, 4.69) is 4.74 Å². The summed E-state index contributed by atoms with van der Waals surface area (Å²) in [5.41, 5.74) is 0. The second-order valence-corrected chi connectivity index (χ2v) is 5.06. The molecular formula is C14H24O5. The van der Waals surface area contributed by atoms with Crippen LogP contribution < -0.4 is 0 Å². The van der Waals surface area contributed by atoms with Crippen LogP contribution in [-0.2, 0) is 9.53 Å². The zero-order chi connectivity index (χ0) is 14.3. The molecule has 0 aromatic rings. The van der Waals surface area contributed by atoms with Crippen LogP contribution in [0.25, 0.3) is 0 Å². The predicted octanol–water partition coefficient (Wildman–Crippen LogP) is 0.626. The standard InChI is InChI=1S/C14H24O5/c1-19-14(18)7-5-3-2-4-6-10-11(9-15)13(17)8-12(10)16/h2,4,10-13,15-17H,3,5-9H2,1H3/t10-,11-,12+,13-/m1/s1. The minimum Gasteiger partial charge on any atom is -0.469 e. The van der Waals surface area contributed by atoms with Crippen molar-refractivity contribution < 1.29 is 24.9 Å². The summed E-state index contributed by atoms with van der Waals surface area (Å²) in [6.07, 6.45) is 5.66. The number of allylic oxidation sites excluding steroid dienone is 2. The van der Waals surface area contributed by atoms with Gasteiger partial charge >= 0.3 is 5.97 Å². The highest BCUT2D eigenvalue weighted by atomic mass is 16.5. The first kappa shape index (κ1) is 16.1. The quantitative estimate of drug-likeness (QED) is 0.359. The Hall–Kier alpha value is -0.910. The van der Waals surface area contributed by atoms with E-state index < -0.39 is 12.2 Å². The second-order valence-electron chi connectivity index (χ2n) is 5.06. The average Bonchev–Trinajstić information content (AvgIpc) is 2.67. The molecule has 0 unspecified atom stereocenters. The summed E-state index contributed by atoms with van der Waals surface area (Å²) in [4.78, 5) is 10.9. The van der Waals surface area contributed by atoms with Crippen LogP contribution in [0.3, 0.4) is 0 Å². The maximum atomic E-state index is 10.9. The molecule has 1 fully saturated rings. The van der Waals surface area contributed by atoms with Crippen molar-refractivity contribution in [2.45, 2.75) is 44.3 Å². The van der Waals surface area contributed by atoms with E-state index in [0.717, 1.165) is 12.8 Å². The van der Waals surface area contributed by atoms with E-state index in [1.807, 2.05) is 12.2 Å². The fourth-order valence-electron chi connectivity index (χ4n) is 2.59. The van der Waals surface area contributed by atoms with Gasteiger partial charge in [-0.15, -0.1) is 0 Å². The number of carbonyl (C=O) groups excluding carboxylic acids is 1. The zero-order valence-electron chi connectivity index (χ0n) is 11.4. The number of hydrogen-bond donors (Lipinski definition) is 3. The monoisotopic (exact) mass is 272 g/mol. The van der Waals surface area contributed by atoms with Crippen LogP contribution in [0.1, 0.15) is 32.1 Å². The van der Waals surface area contributed by atoms with Gasteiger partial charge in [0.15, 0.2) is 0 Å². The Morgan fingerprint density at radius 1 is 1.26 bits per heavy atom. The Kier molecular flexibility index (Phi) is 7.05. The molecule has 0 aromatic carbocycles. The zero-order valence-corrected chi connectivity index (χ0v) is 11.4. The van der Waals surface area contributed by atoms with Crippen LogP contribution in [0.2, 0.25) is 0 Å². The first-order valence-corrected chi connectivity index (χ1v) is 6.79. The minimum atomic E-state index is -0.613. The maximum Gasteiger partial charge on any atom is 0.305 e. The molecule has 1 aliphatic rings. The Bertz CT molecular complexity index is 302. The van der Waals surface area contributed by atoms with Crippen LogP contribution in [0.5, 0.6) is 0 Å². The van der Waals surface area contributed by atoms with Crippen LogP contribution in [0.4, 0.5) is 0 Å². The molecule has 0 heterocycles. The molecule has 0 radical (unpaired) electrons. The van der Waals surface area contributed by atoms with E-state index in [9.17, 15) is 20.1 Å². The van der Waals surface area contributed by atoms with Crippen molar-refractivity contribution in [3.63, 3.8) is 0 Å². The number of aliphatic hydroxyl groups is 3. The lowest BCUT2D eigenvalue weighted by Gasteiger charge is -2.19. The number of esters is 1. The molecule has 5 heteroatoms. The normalized spacial score (nSPS) is 30.9. The molecule has 3 N–H and O–H groups in total. The van der Waals surface area contributed by atoms with E-state index in [4.69, 9.17) is 0 Å². The first-order chi connectivity index (χ1) is 9.10. The first-order valence-electron chi connectivity index (χ1n) is 6.79.